The van der Waals surface area contributed by atoms with Crippen molar-refractivity contribution >= 4 is 28.2 Å². The molecule has 0 fully saturated rings. The number of nitrogens with one attached hydrogen (secondary N) is 1. The average molecular weight is 332 g/mol. The molecule has 2 heterocycles. The lowest BCUT2D eigenvalue weighted by molar-refractivity contribution is -0.130. The Kier molecular flexibility index (Phi) is 6.52. The number of anilines is 2. The van der Waals surface area contributed by atoms with Gasteiger partial charge in [-0.15, -0.1) is 11.3 Å². The van der Waals surface area contributed by atoms with E-state index in [4.69, 9.17) is 0 Å². The normalized spacial score (nSPS) is 10.6. The van der Waals surface area contributed by atoms with Crippen LogP contribution in [0.15, 0.2) is 23.6 Å². The first-order valence-corrected chi connectivity index (χ1v) is 8.93. The molecule has 1 amide bonds. The highest BCUT2D eigenvalue weighted by Crippen LogP contribution is 2.20. The van der Waals surface area contributed by atoms with E-state index in [1.165, 1.54) is 11.3 Å². The van der Waals surface area contributed by atoms with Gasteiger partial charge in [-0.2, -0.15) is 0 Å². The van der Waals surface area contributed by atoms with Crippen molar-refractivity contribution in [1.29, 1.82) is 0 Å². The molecule has 2 aromatic heterocycles. The SMILES string of the molecule is CCCN(CCC)C(=O)Cc1csc(Nc2cccc(C)n2)n1. The van der Waals surface area contributed by atoms with Crippen molar-refractivity contribution in [3.8, 4) is 0 Å². The third kappa shape index (κ3) is 5.32. The lowest BCUT2D eigenvalue weighted by atomic mass is 10.2. The molecular weight excluding hydrogens is 308 g/mol. The van der Waals surface area contributed by atoms with E-state index < -0.39 is 0 Å². The molecule has 0 spiro atoms. The van der Waals surface area contributed by atoms with Gasteiger partial charge in [0.1, 0.15) is 5.82 Å². The van der Waals surface area contributed by atoms with E-state index in [1.54, 1.807) is 0 Å². The number of hydrogen-bond donors (Lipinski definition) is 1. The summed E-state index contributed by atoms with van der Waals surface area (Å²) in [6.45, 7) is 7.77. The van der Waals surface area contributed by atoms with Crippen LogP contribution in [0.4, 0.5) is 10.9 Å². The molecule has 5 nitrogen and oxygen atoms in total. The van der Waals surface area contributed by atoms with E-state index in [0.717, 1.165) is 48.3 Å². The van der Waals surface area contributed by atoms with Gasteiger partial charge in [0.2, 0.25) is 5.91 Å². The molecule has 0 aliphatic rings. The number of nitrogens with zero attached hydrogens (tertiary/aromatic N) is 3. The number of rotatable bonds is 8. The maximum atomic E-state index is 12.4. The van der Waals surface area contributed by atoms with Gasteiger partial charge in [0.25, 0.3) is 0 Å². The van der Waals surface area contributed by atoms with Crippen LogP contribution in [-0.2, 0) is 11.2 Å². The number of aryl methyl sites for hydroxylation is 1. The molecule has 0 saturated heterocycles. The van der Waals surface area contributed by atoms with Gasteiger partial charge in [0.15, 0.2) is 5.13 Å². The van der Waals surface area contributed by atoms with Crippen LogP contribution < -0.4 is 5.32 Å². The highest BCUT2D eigenvalue weighted by atomic mass is 32.1. The zero-order valence-corrected chi connectivity index (χ0v) is 14.8. The fourth-order valence-corrected chi connectivity index (χ4v) is 3.05. The second kappa shape index (κ2) is 8.62. The predicted molar refractivity (Wildman–Crippen MR) is 95.2 cm³/mol. The summed E-state index contributed by atoms with van der Waals surface area (Å²) < 4.78 is 0. The molecule has 23 heavy (non-hydrogen) atoms. The largest absolute Gasteiger partial charge is 0.342 e. The summed E-state index contributed by atoms with van der Waals surface area (Å²) in [5.41, 5.74) is 1.77. The average Bonchev–Trinajstić information content (AvgIpc) is 2.94. The lowest BCUT2D eigenvalue weighted by Crippen LogP contribution is -2.33. The van der Waals surface area contributed by atoms with Gasteiger partial charge < -0.3 is 10.2 Å². The third-order valence-corrected chi connectivity index (χ3v) is 4.15. The zero-order chi connectivity index (χ0) is 16.7. The minimum absolute atomic E-state index is 0.152. The zero-order valence-electron chi connectivity index (χ0n) is 14.0. The second-order valence-electron chi connectivity index (χ2n) is 5.49. The van der Waals surface area contributed by atoms with E-state index in [2.05, 4.69) is 29.1 Å². The van der Waals surface area contributed by atoms with E-state index in [1.807, 2.05) is 35.4 Å². The van der Waals surface area contributed by atoms with Crippen LogP contribution in [0.2, 0.25) is 0 Å². The Labute approximate surface area is 141 Å². The van der Waals surface area contributed by atoms with Crippen molar-refractivity contribution in [2.75, 3.05) is 18.4 Å². The first-order chi connectivity index (χ1) is 11.1. The molecule has 0 aromatic carbocycles. The predicted octanol–water partition coefficient (Wildman–Crippen LogP) is 3.78. The summed E-state index contributed by atoms with van der Waals surface area (Å²) in [5, 5.41) is 5.89. The van der Waals surface area contributed by atoms with Crippen molar-refractivity contribution in [3.05, 3.63) is 35.0 Å². The van der Waals surface area contributed by atoms with E-state index in [0.29, 0.717) is 6.42 Å². The first-order valence-electron chi connectivity index (χ1n) is 8.05. The molecule has 0 aliphatic heterocycles. The number of hydrogen-bond acceptors (Lipinski definition) is 5. The van der Waals surface area contributed by atoms with Crippen molar-refractivity contribution in [2.24, 2.45) is 0 Å². The maximum Gasteiger partial charge on any atom is 0.228 e. The Bertz CT molecular complexity index is 635. The second-order valence-corrected chi connectivity index (χ2v) is 6.35. The fraction of sp³-hybridized carbons (Fsp3) is 0.471. The highest BCUT2D eigenvalue weighted by molar-refractivity contribution is 7.13. The number of aromatic nitrogens is 2. The Morgan fingerprint density at radius 2 is 1.96 bits per heavy atom. The van der Waals surface area contributed by atoms with Gasteiger partial charge in [0.05, 0.1) is 12.1 Å². The minimum atomic E-state index is 0.152. The number of pyridine rings is 1. The van der Waals surface area contributed by atoms with E-state index >= 15 is 0 Å². The van der Waals surface area contributed by atoms with Gasteiger partial charge in [-0.1, -0.05) is 19.9 Å². The molecule has 124 valence electrons. The van der Waals surface area contributed by atoms with Crippen LogP contribution in [0.25, 0.3) is 0 Å². The maximum absolute atomic E-state index is 12.4. The molecule has 2 aromatic rings. The quantitative estimate of drug-likeness (QED) is 0.799. The van der Waals surface area contributed by atoms with Crippen molar-refractivity contribution < 1.29 is 4.79 Å². The highest BCUT2D eigenvalue weighted by Gasteiger charge is 2.14. The molecular formula is C17H24N4OS. The van der Waals surface area contributed by atoms with Crippen LogP contribution in [0, 0.1) is 6.92 Å². The molecule has 0 radical (unpaired) electrons. The lowest BCUT2D eigenvalue weighted by Gasteiger charge is -2.20. The Morgan fingerprint density at radius 1 is 1.22 bits per heavy atom. The van der Waals surface area contributed by atoms with Gasteiger partial charge in [-0.25, -0.2) is 9.97 Å². The van der Waals surface area contributed by atoms with Crippen molar-refractivity contribution in [1.82, 2.24) is 14.9 Å². The van der Waals surface area contributed by atoms with Gasteiger partial charge in [-0.3, -0.25) is 4.79 Å². The van der Waals surface area contributed by atoms with Crippen LogP contribution in [0.3, 0.4) is 0 Å². The number of carbonyl (C=O) groups is 1. The van der Waals surface area contributed by atoms with Crippen molar-refractivity contribution in [2.45, 2.75) is 40.0 Å². The molecule has 0 unspecified atom stereocenters. The summed E-state index contributed by atoms with van der Waals surface area (Å²) in [7, 11) is 0. The van der Waals surface area contributed by atoms with Gasteiger partial charge in [0, 0.05) is 24.2 Å². The molecule has 0 bridgehead atoms. The summed E-state index contributed by atoms with van der Waals surface area (Å²) in [6.07, 6.45) is 2.32. The first kappa shape index (κ1) is 17.4. The number of thiazole rings is 1. The van der Waals surface area contributed by atoms with Crippen LogP contribution in [0.1, 0.15) is 38.1 Å². The van der Waals surface area contributed by atoms with Crippen molar-refractivity contribution in [3.63, 3.8) is 0 Å². The topological polar surface area (TPSA) is 58.1 Å². The smallest absolute Gasteiger partial charge is 0.228 e. The third-order valence-electron chi connectivity index (χ3n) is 3.35. The molecule has 6 heteroatoms. The fourth-order valence-electron chi connectivity index (χ4n) is 2.34. The van der Waals surface area contributed by atoms with Gasteiger partial charge in [-0.05, 0) is 31.9 Å². The van der Waals surface area contributed by atoms with E-state index in [-0.39, 0.29) is 5.91 Å². The molecule has 0 aliphatic carbocycles. The van der Waals surface area contributed by atoms with Gasteiger partial charge >= 0.3 is 0 Å². The molecule has 0 atom stereocenters. The molecule has 2 rings (SSSR count). The summed E-state index contributed by atoms with van der Waals surface area (Å²) >= 11 is 1.50. The minimum Gasteiger partial charge on any atom is -0.342 e. The molecule has 1 N–H and O–H groups in total. The van der Waals surface area contributed by atoms with Crippen LogP contribution >= 0.6 is 11.3 Å². The van der Waals surface area contributed by atoms with Crippen LogP contribution in [0.5, 0.6) is 0 Å². The Morgan fingerprint density at radius 3 is 2.61 bits per heavy atom. The monoisotopic (exact) mass is 332 g/mol. The Balaban J connectivity index is 1.97. The summed E-state index contributed by atoms with van der Waals surface area (Å²) in [5.74, 6) is 0.926. The standard InChI is InChI=1S/C17H24N4OS/c1-4-9-21(10-5-2)16(22)11-14-12-23-17(19-14)20-15-8-6-7-13(3)18-15/h6-8,12H,4-5,9-11H2,1-3H3,(H,18,19,20). The number of amides is 1. The van der Waals surface area contributed by atoms with E-state index in [9.17, 15) is 4.79 Å². The summed E-state index contributed by atoms with van der Waals surface area (Å²) in [4.78, 5) is 23.2. The van der Waals surface area contributed by atoms with Crippen LogP contribution in [-0.4, -0.2) is 33.9 Å². The molecule has 0 saturated carbocycles. The number of carbonyl (C=O) groups excluding carboxylic acids is 1. The Hall–Kier alpha value is -1.95. The summed E-state index contributed by atoms with van der Waals surface area (Å²) in [6, 6.07) is 5.81.